The molecule has 0 saturated heterocycles. The molecule has 1 N–H and O–H groups in total. The Hall–Kier alpha value is -2.29. The molecule has 2 nitrogen and oxygen atoms in total. The highest BCUT2D eigenvalue weighted by Crippen LogP contribution is 2.24. The summed E-state index contributed by atoms with van der Waals surface area (Å²) < 4.78 is 5.99. The second-order valence-electron chi connectivity index (χ2n) is 5.94. The van der Waals surface area contributed by atoms with Gasteiger partial charge in [-0.3, -0.25) is 0 Å². The molecule has 0 saturated carbocycles. The molecule has 0 spiro atoms. The van der Waals surface area contributed by atoms with Crippen molar-refractivity contribution in [1.82, 2.24) is 5.32 Å². The van der Waals surface area contributed by atoms with E-state index in [1.807, 2.05) is 42.5 Å². The molecule has 0 bridgehead atoms. The monoisotopic (exact) mass is 351 g/mol. The second kappa shape index (κ2) is 9.26. The molecule has 3 aromatic rings. The number of hydrogen-bond donors (Lipinski definition) is 1. The first-order valence-electron chi connectivity index (χ1n) is 8.51. The normalized spacial score (nSPS) is 10.6. The fraction of sp³-hybridized carbons (Fsp3) is 0.182. The quantitative estimate of drug-likeness (QED) is 0.559. The van der Waals surface area contributed by atoms with Gasteiger partial charge in [-0.05, 0) is 42.3 Å². The Labute approximate surface area is 154 Å². The minimum Gasteiger partial charge on any atom is -0.489 e. The lowest BCUT2D eigenvalue weighted by Gasteiger charge is -2.13. The van der Waals surface area contributed by atoms with Crippen LogP contribution >= 0.6 is 11.6 Å². The van der Waals surface area contributed by atoms with Gasteiger partial charge in [-0.1, -0.05) is 72.3 Å². The molecule has 0 atom stereocenters. The van der Waals surface area contributed by atoms with Crippen molar-refractivity contribution in [1.29, 1.82) is 0 Å². The lowest BCUT2D eigenvalue weighted by atomic mass is 10.1. The summed E-state index contributed by atoms with van der Waals surface area (Å²) in [5.41, 5.74) is 3.57. The second-order valence-corrected chi connectivity index (χ2v) is 6.38. The van der Waals surface area contributed by atoms with E-state index in [-0.39, 0.29) is 0 Å². The maximum absolute atomic E-state index is 6.16. The van der Waals surface area contributed by atoms with Gasteiger partial charge in [0, 0.05) is 17.1 Å². The van der Waals surface area contributed by atoms with Crippen LogP contribution in [-0.2, 0) is 19.6 Å². The Morgan fingerprint density at radius 1 is 0.800 bits per heavy atom. The van der Waals surface area contributed by atoms with Crippen LogP contribution in [0.15, 0.2) is 78.9 Å². The number of rotatable bonds is 8. The van der Waals surface area contributed by atoms with Gasteiger partial charge < -0.3 is 10.1 Å². The van der Waals surface area contributed by atoms with E-state index in [1.54, 1.807) is 0 Å². The van der Waals surface area contributed by atoms with Crippen LogP contribution in [0.2, 0.25) is 5.02 Å². The standard InChI is InChI=1S/C22H22ClNO/c23-21-11-12-22(25-17-19-9-5-2-6-10-19)20(15-21)16-24-14-13-18-7-3-1-4-8-18/h1-12,15,24H,13-14,16-17H2. The molecule has 25 heavy (non-hydrogen) atoms. The van der Waals surface area contributed by atoms with E-state index >= 15 is 0 Å². The third kappa shape index (κ3) is 5.63. The first kappa shape index (κ1) is 17.5. The zero-order valence-corrected chi connectivity index (χ0v) is 14.9. The first-order chi connectivity index (χ1) is 12.3. The Balaban J connectivity index is 1.55. The summed E-state index contributed by atoms with van der Waals surface area (Å²) in [6.07, 6.45) is 1.00. The molecule has 128 valence electrons. The highest BCUT2D eigenvalue weighted by Gasteiger charge is 2.05. The molecule has 0 fully saturated rings. The van der Waals surface area contributed by atoms with E-state index in [4.69, 9.17) is 16.3 Å². The van der Waals surface area contributed by atoms with Gasteiger partial charge >= 0.3 is 0 Å². The van der Waals surface area contributed by atoms with Gasteiger partial charge in [-0.2, -0.15) is 0 Å². The van der Waals surface area contributed by atoms with Gasteiger partial charge in [-0.15, -0.1) is 0 Å². The van der Waals surface area contributed by atoms with Gasteiger partial charge in [0.2, 0.25) is 0 Å². The fourth-order valence-corrected chi connectivity index (χ4v) is 2.86. The van der Waals surface area contributed by atoms with Crippen LogP contribution in [0.25, 0.3) is 0 Å². The van der Waals surface area contributed by atoms with Gasteiger partial charge in [0.25, 0.3) is 0 Å². The topological polar surface area (TPSA) is 21.3 Å². The number of halogens is 1. The predicted molar refractivity (Wildman–Crippen MR) is 104 cm³/mol. The van der Waals surface area contributed by atoms with Gasteiger partial charge in [0.1, 0.15) is 12.4 Å². The van der Waals surface area contributed by atoms with Crippen molar-refractivity contribution in [2.45, 2.75) is 19.6 Å². The summed E-state index contributed by atoms with van der Waals surface area (Å²) in [7, 11) is 0. The van der Waals surface area contributed by atoms with Crippen molar-refractivity contribution >= 4 is 11.6 Å². The Morgan fingerprint density at radius 3 is 2.20 bits per heavy atom. The van der Waals surface area contributed by atoms with E-state index in [0.29, 0.717) is 6.61 Å². The number of nitrogens with one attached hydrogen (secondary N) is 1. The average molecular weight is 352 g/mol. The van der Waals surface area contributed by atoms with E-state index < -0.39 is 0 Å². The Bertz CT molecular complexity index is 775. The molecule has 0 aliphatic rings. The number of ether oxygens (including phenoxy) is 1. The average Bonchev–Trinajstić information content (AvgIpc) is 2.66. The summed E-state index contributed by atoms with van der Waals surface area (Å²) >= 11 is 6.16. The zero-order chi connectivity index (χ0) is 17.3. The Morgan fingerprint density at radius 2 is 1.48 bits per heavy atom. The SMILES string of the molecule is Clc1ccc(OCc2ccccc2)c(CNCCc2ccccc2)c1. The molecule has 0 aliphatic heterocycles. The molecular weight excluding hydrogens is 330 g/mol. The van der Waals surface area contributed by atoms with Gasteiger partial charge in [-0.25, -0.2) is 0 Å². The van der Waals surface area contributed by atoms with Crippen LogP contribution < -0.4 is 10.1 Å². The van der Waals surface area contributed by atoms with Crippen LogP contribution in [0.1, 0.15) is 16.7 Å². The smallest absolute Gasteiger partial charge is 0.124 e. The molecule has 3 rings (SSSR count). The first-order valence-corrected chi connectivity index (χ1v) is 8.89. The highest BCUT2D eigenvalue weighted by atomic mass is 35.5. The van der Waals surface area contributed by atoms with E-state index in [2.05, 4.69) is 41.7 Å². The van der Waals surface area contributed by atoms with Crippen molar-refractivity contribution in [3.8, 4) is 5.75 Å². The molecule has 0 heterocycles. The molecule has 3 heteroatoms. The summed E-state index contributed by atoms with van der Waals surface area (Å²) in [6, 6.07) is 26.4. The molecule has 0 unspecified atom stereocenters. The number of benzene rings is 3. The largest absolute Gasteiger partial charge is 0.489 e. The third-order valence-corrected chi connectivity index (χ3v) is 4.24. The third-order valence-electron chi connectivity index (χ3n) is 4.01. The predicted octanol–water partition coefficient (Wildman–Crippen LogP) is 5.25. The lowest BCUT2D eigenvalue weighted by Crippen LogP contribution is -2.17. The summed E-state index contributed by atoms with van der Waals surface area (Å²) in [6.45, 7) is 2.20. The van der Waals surface area contributed by atoms with Crippen LogP contribution in [0, 0.1) is 0 Å². The summed E-state index contributed by atoms with van der Waals surface area (Å²) in [4.78, 5) is 0. The van der Waals surface area contributed by atoms with E-state index in [1.165, 1.54) is 5.56 Å². The van der Waals surface area contributed by atoms with Crippen molar-refractivity contribution in [3.63, 3.8) is 0 Å². The number of hydrogen-bond acceptors (Lipinski definition) is 2. The van der Waals surface area contributed by atoms with Crippen molar-refractivity contribution in [3.05, 3.63) is 101 Å². The minimum absolute atomic E-state index is 0.555. The van der Waals surface area contributed by atoms with Crippen LogP contribution in [0.4, 0.5) is 0 Å². The van der Waals surface area contributed by atoms with E-state index in [9.17, 15) is 0 Å². The van der Waals surface area contributed by atoms with Gasteiger partial charge in [0.05, 0.1) is 0 Å². The van der Waals surface area contributed by atoms with Crippen molar-refractivity contribution < 1.29 is 4.74 Å². The van der Waals surface area contributed by atoms with E-state index in [0.717, 1.165) is 41.4 Å². The van der Waals surface area contributed by atoms with Crippen LogP contribution in [-0.4, -0.2) is 6.54 Å². The maximum Gasteiger partial charge on any atom is 0.124 e. The molecule has 0 aromatic heterocycles. The van der Waals surface area contributed by atoms with Crippen LogP contribution in [0.5, 0.6) is 5.75 Å². The summed E-state index contributed by atoms with van der Waals surface area (Å²) in [5.74, 6) is 0.875. The van der Waals surface area contributed by atoms with Crippen molar-refractivity contribution in [2.24, 2.45) is 0 Å². The molecule has 0 amide bonds. The molecule has 3 aromatic carbocycles. The molecular formula is C22H22ClNO. The van der Waals surface area contributed by atoms with Crippen LogP contribution in [0.3, 0.4) is 0 Å². The highest BCUT2D eigenvalue weighted by molar-refractivity contribution is 6.30. The van der Waals surface area contributed by atoms with Gasteiger partial charge in [0.15, 0.2) is 0 Å². The molecule has 0 aliphatic carbocycles. The fourth-order valence-electron chi connectivity index (χ4n) is 2.66. The Kier molecular flexibility index (Phi) is 6.49. The molecule has 0 radical (unpaired) electrons. The maximum atomic E-state index is 6.16. The lowest BCUT2D eigenvalue weighted by molar-refractivity contribution is 0.302. The summed E-state index contributed by atoms with van der Waals surface area (Å²) in [5, 5.41) is 4.21. The van der Waals surface area contributed by atoms with Crippen molar-refractivity contribution in [2.75, 3.05) is 6.54 Å². The zero-order valence-electron chi connectivity index (χ0n) is 14.1. The minimum atomic E-state index is 0.555.